The Morgan fingerprint density at radius 3 is 2.65 bits per heavy atom. The highest BCUT2D eigenvalue weighted by atomic mass is 32.2. The van der Waals surface area contributed by atoms with Crippen LogP contribution in [0.5, 0.6) is 5.75 Å². The Morgan fingerprint density at radius 2 is 2.04 bits per heavy atom. The standard InChI is InChI=1S/C17H23NO4S/c1-4-11-22-13-15-7-9-18(10-8-15)23(19,20)17-12-14(2)5-6-16(17)21-3/h1,5-6,12,15H,7-11,13H2,2-3H3. The van der Waals surface area contributed by atoms with Crippen LogP contribution in [0, 0.1) is 25.2 Å². The number of ether oxygens (including phenoxy) is 2. The Hall–Kier alpha value is -1.55. The molecule has 0 N–H and O–H groups in total. The highest BCUT2D eigenvalue weighted by Gasteiger charge is 2.31. The summed E-state index contributed by atoms with van der Waals surface area (Å²) in [6.45, 7) is 3.74. The van der Waals surface area contributed by atoms with Crippen LogP contribution in [-0.4, -0.2) is 46.1 Å². The van der Waals surface area contributed by atoms with Gasteiger partial charge in [0.1, 0.15) is 17.3 Å². The molecule has 2 rings (SSSR count). The lowest BCUT2D eigenvalue weighted by atomic mass is 9.99. The zero-order valence-electron chi connectivity index (χ0n) is 13.6. The van der Waals surface area contributed by atoms with Crippen molar-refractivity contribution < 1.29 is 17.9 Å². The second-order valence-electron chi connectivity index (χ2n) is 5.72. The zero-order chi connectivity index (χ0) is 16.9. The van der Waals surface area contributed by atoms with Crippen LogP contribution in [0.25, 0.3) is 0 Å². The number of rotatable bonds is 6. The molecule has 1 heterocycles. The number of hydrogen-bond donors (Lipinski definition) is 0. The number of methoxy groups -OCH3 is 1. The summed E-state index contributed by atoms with van der Waals surface area (Å²) in [5.41, 5.74) is 0.891. The minimum absolute atomic E-state index is 0.238. The molecule has 0 aliphatic carbocycles. The fourth-order valence-corrected chi connectivity index (χ4v) is 4.44. The van der Waals surface area contributed by atoms with Crippen molar-refractivity contribution in [2.45, 2.75) is 24.7 Å². The van der Waals surface area contributed by atoms with Crippen molar-refractivity contribution in [3.05, 3.63) is 23.8 Å². The molecule has 23 heavy (non-hydrogen) atoms. The largest absolute Gasteiger partial charge is 0.495 e. The van der Waals surface area contributed by atoms with E-state index in [0.29, 0.717) is 38.0 Å². The first-order valence-electron chi connectivity index (χ1n) is 7.65. The van der Waals surface area contributed by atoms with Crippen LogP contribution in [0.3, 0.4) is 0 Å². The van der Waals surface area contributed by atoms with Gasteiger partial charge >= 0.3 is 0 Å². The summed E-state index contributed by atoms with van der Waals surface area (Å²) in [4.78, 5) is 0.238. The van der Waals surface area contributed by atoms with Crippen LogP contribution in [0.2, 0.25) is 0 Å². The molecule has 1 aliphatic heterocycles. The van der Waals surface area contributed by atoms with E-state index in [4.69, 9.17) is 15.9 Å². The van der Waals surface area contributed by atoms with Gasteiger partial charge in [-0.1, -0.05) is 12.0 Å². The topological polar surface area (TPSA) is 55.8 Å². The zero-order valence-corrected chi connectivity index (χ0v) is 14.4. The summed E-state index contributed by atoms with van der Waals surface area (Å²) in [6.07, 6.45) is 6.70. The molecule has 0 aromatic heterocycles. The van der Waals surface area contributed by atoms with Crippen LogP contribution in [0.4, 0.5) is 0 Å². The number of piperidine rings is 1. The van der Waals surface area contributed by atoms with Crippen molar-refractivity contribution in [3.63, 3.8) is 0 Å². The highest BCUT2D eigenvalue weighted by molar-refractivity contribution is 7.89. The van der Waals surface area contributed by atoms with Crippen molar-refractivity contribution in [3.8, 4) is 18.1 Å². The quantitative estimate of drug-likeness (QED) is 0.589. The Labute approximate surface area is 138 Å². The first kappa shape index (κ1) is 17.8. The first-order chi connectivity index (χ1) is 11.0. The number of sulfonamides is 1. The van der Waals surface area contributed by atoms with Crippen LogP contribution in [0.1, 0.15) is 18.4 Å². The maximum absolute atomic E-state index is 12.9. The van der Waals surface area contributed by atoms with Gasteiger partial charge in [0, 0.05) is 13.1 Å². The summed E-state index contributed by atoms with van der Waals surface area (Å²) >= 11 is 0. The molecule has 0 bridgehead atoms. The molecule has 0 atom stereocenters. The molecular formula is C17H23NO4S. The molecule has 1 saturated heterocycles. The molecule has 0 radical (unpaired) electrons. The van der Waals surface area contributed by atoms with E-state index in [1.54, 1.807) is 12.1 Å². The Bertz CT molecular complexity index is 670. The van der Waals surface area contributed by atoms with E-state index in [0.717, 1.165) is 18.4 Å². The van der Waals surface area contributed by atoms with E-state index in [2.05, 4.69) is 5.92 Å². The highest BCUT2D eigenvalue weighted by Crippen LogP contribution is 2.30. The van der Waals surface area contributed by atoms with Crippen LogP contribution in [-0.2, 0) is 14.8 Å². The van der Waals surface area contributed by atoms with Gasteiger partial charge in [-0.2, -0.15) is 4.31 Å². The van der Waals surface area contributed by atoms with Crippen LogP contribution in [0.15, 0.2) is 23.1 Å². The van der Waals surface area contributed by atoms with E-state index in [9.17, 15) is 8.42 Å². The van der Waals surface area contributed by atoms with Crippen LogP contribution < -0.4 is 4.74 Å². The Kier molecular flexibility index (Phi) is 6.05. The number of terminal acetylenes is 1. The minimum atomic E-state index is -3.54. The molecule has 126 valence electrons. The van der Waals surface area contributed by atoms with Gasteiger partial charge in [0.05, 0.1) is 13.7 Å². The smallest absolute Gasteiger partial charge is 0.246 e. The third-order valence-corrected chi connectivity index (χ3v) is 5.97. The summed E-state index contributed by atoms with van der Waals surface area (Å²) in [7, 11) is -2.06. The van der Waals surface area contributed by atoms with Gasteiger partial charge < -0.3 is 9.47 Å². The monoisotopic (exact) mass is 337 g/mol. The number of nitrogens with zero attached hydrogens (tertiary/aromatic N) is 1. The molecule has 0 amide bonds. The summed E-state index contributed by atoms with van der Waals surface area (Å²) in [5, 5.41) is 0. The lowest BCUT2D eigenvalue weighted by Crippen LogP contribution is -2.39. The summed E-state index contributed by atoms with van der Waals surface area (Å²) in [5.74, 6) is 3.18. The predicted molar refractivity (Wildman–Crippen MR) is 88.9 cm³/mol. The maximum Gasteiger partial charge on any atom is 0.246 e. The maximum atomic E-state index is 12.9. The summed E-state index contributed by atoms with van der Waals surface area (Å²) in [6, 6.07) is 5.20. The van der Waals surface area contributed by atoms with E-state index < -0.39 is 10.0 Å². The fourth-order valence-electron chi connectivity index (χ4n) is 2.73. The number of hydrogen-bond acceptors (Lipinski definition) is 4. The van der Waals surface area contributed by atoms with Gasteiger partial charge in [0.2, 0.25) is 10.0 Å². The van der Waals surface area contributed by atoms with E-state index >= 15 is 0 Å². The van der Waals surface area contributed by atoms with Gasteiger partial charge in [-0.15, -0.1) is 6.42 Å². The van der Waals surface area contributed by atoms with Gasteiger partial charge in [0.25, 0.3) is 0 Å². The Balaban J connectivity index is 2.08. The molecule has 0 saturated carbocycles. The van der Waals surface area contributed by atoms with Crippen molar-refractivity contribution in [1.82, 2.24) is 4.31 Å². The van der Waals surface area contributed by atoms with Crippen molar-refractivity contribution in [1.29, 1.82) is 0 Å². The minimum Gasteiger partial charge on any atom is -0.495 e. The third kappa shape index (κ3) is 4.25. The molecule has 1 aliphatic rings. The van der Waals surface area contributed by atoms with E-state index in [1.807, 2.05) is 13.0 Å². The first-order valence-corrected chi connectivity index (χ1v) is 9.09. The third-order valence-electron chi connectivity index (χ3n) is 4.05. The average molecular weight is 337 g/mol. The van der Waals surface area contributed by atoms with Gasteiger partial charge in [-0.05, 0) is 43.4 Å². The molecule has 5 nitrogen and oxygen atoms in total. The fraction of sp³-hybridized carbons (Fsp3) is 0.529. The SMILES string of the molecule is C#CCOCC1CCN(S(=O)(=O)c2cc(C)ccc2OC)CC1. The van der Waals surface area contributed by atoms with Gasteiger partial charge in [-0.3, -0.25) is 0 Å². The number of benzene rings is 1. The van der Waals surface area contributed by atoms with Crippen molar-refractivity contribution in [2.75, 3.05) is 33.4 Å². The van der Waals surface area contributed by atoms with Gasteiger partial charge in [-0.25, -0.2) is 8.42 Å². The second-order valence-corrected chi connectivity index (χ2v) is 7.63. The molecule has 1 fully saturated rings. The Morgan fingerprint density at radius 1 is 1.35 bits per heavy atom. The van der Waals surface area contributed by atoms with Gasteiger partial charge in [0.15, 0.2) is 0 Å². The lowest BCUT2D eigenvalue weighted by molar-refractivity contribution is 0.101. The van der Waals surface area contributed by atoms with Crippen molar-refractivity contribution in [2.24, 2.45) is 5.92 Å². The average Bonchev–Trinajstić information content (AvgIpc) is 2.55. The molecule has 0 spiro atoms. The van der Waals surface area contributed by atoms with E-state index in [-0.39, 0.29) is 4.90 Å². The predicted octanol–water partition coefficient (Wildman–Crippen LogP) is 2.05. The number of aryl methyl sites for hydroxylation is 1. The molecule has 1 aromatic rings. The molecule has 0 unspecified atom stereocenters. The lowest BCUT2D eigenvalue weighted by Gasteiger charge is -2.31. The molecule has 1 aromatic carbocycles. The normalized spacial score (nSPS) is 16.9. The van der Waals surface area contributed by atoms with E-state index in [1.165, 1.54) is 11.4 Å². The van der Waals surface area contributed by atoms with Crippen molar-refractivity contribution >= 4 is 10.0 Å². The summed E-state index contributed by atoms with van der Waals surface area (Å²) < 4.78 is 37.9. The molecule has 6 heteroatoms. The van der Waals surface area contributed by atoms with Crippen LogP contribution >= 0.6 is 0 Å². The molecular weight excluding hydrogens is 314 g/mol. The second kappa shape index (κ2) is 7.82.